The quantitative estimate of drug-likeness (QED) is 0.180. The minimum atomic E-state index is -1.28. The molecule has 4 N–H and O–H groups in total. The first kappa shape index (κ1) is 32.2. The molecule has 4 aromatic rings. The molecule has 1 saturated heterocycles. The van der Waals surface area contributed by atoms with Gasteiger partial charge in [-0.15, -0.1) is 0 Å². The number of amides is 4. The third-order valence-corrected chi connectivity index (χ3v) is 8.89. The van der Waals surface area contributed by atoms with Gasteiger partial charge >= 0.3 is 5.97 Å². The van der Waals surface area contributed by atoms with Crippen LogP contribution in [-0.4, -0.2) is 76.4 Å². The molecule has 0 bridgehead atoms. The number of imide groups is 1. The Bertz CT molecular complexity index is 1850. The lowest BCUT2D eigenvalue weighted by molar-refractivity contribution is -0.142. The highest BCUT2D eigenvalue weighted by Gasteiger charge is 2.36. The molecular formula is C37H36N4O7. The van der Waals surface area contributed by atoms with Gasteiger partial charge in [-0.2, -0.15) is 0 Å². The zero-order valence-corrected chi connectivity index (χ0v) is 26.2. The largest absolute Gasteiger partial charge is 0.508 e. The fourth-order valence-corrected chi connectivity index (χ4v) is 6.47. The molecule has 2 aliphatic heterocycles. The van der Waals surface area contributed by atoms with Crippen molar-refractivity contribution in [3.63, 3.8) is 0 Å². The summed E-state index contributed by atoms with van der Waals surface area (Å²) in [6.45, 7) is 1.14. The van der Waals surface area contributed by atoms with Crippen molar-refractivity contribution in [3.05, 3.63) is 107 Å². The van der Waals surface area contributed by atoms with E-state index in [-0.39, 0.29) is 18.6 Å². The smallest absolute Gasteiger partial charge is 0.326 e. The standard InChI is InChI=1S/C37H36N4O7/c42-25-14-12-24(13-15-25)20-29(34(44)39-30(37(47)48)21-23-8-3-1-4-9-23)38-32(43)22-41-35(45)27-11-7-10-26-31(40-18-5-2-6-19-40)17-16-28(33(26)27)36(41)46/h1,3-4,7-17,29-30,42H,2,5-6,18-22H2,(H,38,43)(H,39,44)(H,47,48). The average Bonchev–Trinajstić information content (AvgIpc) is 3.10. The van der Waals surface area contributed by atoms with E-state index in [1.165, 1.54) is 12.1 Å². The van der Waals surface area contributed by atoms with E-state index in [0.29, 0.717) is 27.6 Å². The van der Waals surface area contributed by atoms with E-state index in [1.807, 2.05) is 12.1 Å². The van der Waals surface area contributed by atoms with Crippen molar-refractivity contribution in [2.24, 2.45) is 0 Å². The SMILES string of the molecule is O=C(CN1C(=O)c2cccc3c(N4CCCCC4)ccc(c23)C1=O)NC(Cc1ccc(O)cc1)C(=O)NC(Cc1ccccc1)C(=O)O. The van der Waals surface area contributed by atoms with Crippen LogP contribution in [0.15, 0.2) is 84.9 Å². The lowest BCUT2D eigenvalue weighted by Gasteiger charge is -2.32. The van der Waals surface area contributed by atoms with Gasteiger partial charge in [-0.25, -0.2) is 4.79 Å². The number of phenols is 1. The number of carbonyl (C=O) groups excluding carboxylic acids is 4. The minimum Gasteiger partial charge on any atom is -0.508 e. The number of rotatable bonds is 11. The number of phenolic OH excluding ortho intramolecular Hbond substituents is 1. The van der Waals surface area contributed by atoms with Crippen LogP contribution in [0, 0.1) is 0 Å². The van der Waals surface area contributed by atoms with E-state index >= 15 is 0 Å². The Morgan fingerprint density at radius 3 is 2.04 bits per heavy atom. The first-order valence-electron chi connectivity index (χ1n) is 16.0. The molecule has 2 heterocycles. The van der Waals surface area contributed by atoms with Gasteiger partial charge in [0, 0.05) is 53.5 Å². The topological polar surface area (TPSA) is 156 Å². The van der Waals surface area contributed by atoms with Crippen molar-refractivity contribution in [1.82, 2.24) is 15.5 Å². The number of hydrogen-bond acceptors (Lipinski definition) is 7. The summed E-state index contributed by atoms with van der Waals surface area (Å²) < 4.78 is 0. The monoisotopic (exact) mass is 648 g/mol. The zero-order chi connectivity index (χ0) is 33.8. The van der Waals surface area contributed by atoms with Gasteiger partial charge in [0.05, 0.1) is 0 Å². The second-order valence-corrected chi connectivity index (χ2v) is 12.2. The summed E-state index contributed by atoms with van der Waals surface area (Å²) in [6.07, 6.45) is 3.28. The molecule has 0 aromatic heterocycles. The number of hydrogen-bond donors (Lipinski definition) is 4. The van der Waals surface area contributed by atoms with Gasteiger partial charge in [0.15, 0.2) is 0 Å². The van der Waals surface area contributed by atoms with E-state index in [0.717, 1.165) is 48.3 Å². The van der Waals surface area contributed by atoms with Crippen molar-refractivity contribution >= 4 is 46.1 Å². The Labute approximate surface area is 277 Å². The predicted molar refractivity (Wildman–Crippen MR) is 179 cm³/mol. The Kier molecular flexibility index (Phi) is 9.38. The van der Waals surface area contributed by atoms with Gasteiger partial charge in [0.25, 0.3) is 11.8 Å². The molecule has 2 unspecified atom stereocenters. The van der Waals surface area contributed by atoms with Crippen molar-refractivity contribution in [2.45, 2.75) is 44.2 Å². The van der Waals surface area contributed by atoms with Crippen LogP contribution < -0.4 is 15.5 Å². The van der Waals surface area contributed by atoms with Crippen LogP contribution in [-0.2, 0) is 27.2 Å². The molecule has 0 aliphatic carbocycles. The summed E-state index contributed by atoms with van der Waals surface area (Å²) in [6, 6.07) is 21.2. The summed E-state index contributed by atoms with van der Waals surface area (Å²) >= 11 is 0. The number of piperidine rings is 1. The molecule has 6 rings (SSSR count). The second kappa shape index (κ2) is 14.0. The van der Waals surface area contributed by atoms with Crippen LogP contribution in [0.2, 0.25) is 0 Å². The van der Waals surface area contributed by atoms with Gasteiger partial charge in [-0.05, 0) is 60.7 Å². The molecule has 0 saturated carbocycles. The fourth-order valence-electron chi connectivity index (χ4n) is 6.47. The molecule has 0 spiro atoms. The predicted octanol–water partition coefficient (Wildman–Crippen LogP) is 3.67. The number of aromatic hydroxyl groups is 1. The Morgan fingerprint density at radius 1 is 0.708 bits per heavy atom. The van der Waals surface area contributed by atoms with Crippen LogP contribution in [0.25, 0.3) is 10.8 Å². The van der Waals surface area contributed by atoms with Gasteiger partial charge in [0.1, 0.15) is 24.4 Å². The Morgan fingerprint density at radius 2 is 1.35 bits per heavy atom. The molecule has 2 aliphatic rings. The van der Waals surface area contributed by atoms with E-state index in [4.69, 9.17) is 0 Å². The third-order valence-electron chi connectivity index (χ3n) is 8.89. The molecule has 11 nitrogen and oxygen atoms in total. The number of carboxylic acids is 1. The summed E-state index contributed by atoms with van der Waals surface area (Å²) in [5.41, 5.74) is 2.88. The number of carbonyl (C=O) groups is 5. The van der Waals surface area contributed by atoms with Gasteiger partial charge in [-0.3, -0.25) is 24.1 Å². The molecule has 0 radical (unpaired) electrons. The molecule has 48 heavy (non-hydrogen) atoms. The summed E-state index contributed by atoms with van der Waals surface area (Å²) in [4.78, 5) is 69.7. The first-order chi connectivity index (χ1) is 23.2. The number of benzene rings is 4. The summed E-state index contributed by atoms with van der Waals surface area (Å²) in [7, 11) is 0. The maximum Gasteiger partial charge on any atom is 0.326 e. The summed E-state index contributed by atoms with van der Waals surface area (Å²) in [5, 5.41) is 26.1. The van der Waals surface area contributed by atoms with Crippen LogP contribution in [0.5, 0.6) is 5.75 Å². The molecule has 4 amide bonds. The highest BCUT2D eigenvalue weighted by molar-refractivity contribution is 6.27. The van der Waals surface area contributed by atoms with Crippen LogP contribution in [0.4, 0.5) is 5.69 Å². The maximum atomic E-state index is 13.7. The maximum absolute atomic E-state index is 13.7. The Balaban J connectivity index is 1.22. The number of anilines is 1. The molecule has 11 heteroatoms. The van der Waals surface area contributed by atoms with Gasteiger partial charge < -0.3 is 25.7 Å². The molecule has 246 valence electrons. The summed E-state index contributed by atoms with van der Waals surface area (Å²) in [5.74, 6) is -3.99. The number of nitrogens with one attached hydrogen (secondary N) is 2. The van der Waals surface area contributed by atoms with E-state index in [9.17, 15) is 34.2 Å². The second-order valence-electron chi connectivity index (χ2n) is 12.2. The van der Waals surface area contributed by atoms with Crippen LogP contribution in [0.1, 0.15) is 51.1 Å². The lowest BCUT2D eigenvalue weighted by Crippen LogP contribution is -2.55. The van der Waals surface area contributed by atoms with Gasteiger partial charge in [-0.1, -0.05) is 54.6 Å². The van der Waals surface area contributed by atoms with E-state index in [1.54, 1.807) is 60.7 Å². The van der Waals surface area contributed by atoms with Crippen LogP contribution in [0.3, 0.4) is 0 Å². The minimum absolute atomic E-state index is 0.0121. The number of carboxylic acid groups (broad SMARTS) is 1. The third kappa shape index (κ3) is 6.85. The molecular weight excluding hydrogens is 612 g/mol. The lowest BCUT2D eigenvalue weighted by atomic mass is 9.92. The molecule has 4 aromatic carbocycles. The van der Waals surface area contributed by atoms with Gasteiger partial charge in [0.2, 0.25) is 11.8 Å². The average molecular weight is 649 g/mol. The normalized spacial score (nSPS) is 15.6. The highest BCUT2D eigenvalue weighted by Crippen LogP contribution is 2.36. The number of nitrogens with zero attached hydrogens (tertiary/aromatic N) is 2. The molecule has 2 atom stereocenters. The highest BCUT2D eigenvalue weighted by atomic mass is 16.4. The van der Waals surface area contributed by atoms with E-state index < -0.39 is 48.2 Å². The van der Waals surface area contributed by atoms with Crippen LogP contribution >= 0.6 is 0 Å². The number of aliphatic carboxylic acids is 1. The molecule has 1 fully saturated rings. The van der Waals surface area contributed by atoms with Crippen molar-refractivity contribution < 1.29 is 34.2 Å². The van der Waals surface area contributed by atoms with Crippen molar-refractivity contribution in [1.29, 1.82) is 0 Å². The van der Waals surface area contributed by atoms with Crippen molar-refractivity contribution in [2.75, 3.05) is 24.5 Å². The fraction of sp³-hybridized carbons (Fsp3) is 0.270. The Hall–Kier alpha value is -5.71. The zero-order valence-electron chi connectivity index (χ0n) is 26.2. The van der Waals surface area contributed by atoms with E-state index in [2.05, 4.69) is 15.5 Å². The first-order valence-corrected chi connectivity index (χ1v) is 16.0. The van der Waals surface area contributed by atoms with Crippen molar-refractivity contribution in [3.8, 4) is 5.75 Å².